The lowest BCUT2D eigenvalue weighted by Gasteiger charge is -2.47. The third kappa shape index (κ3) is 3.42. The minimum atomic E-state index is -0.0880. The lowest BCUT2D eigenvalue weighted by Crippen LogP contribution is -2.57. The average molecular weight is 277 g/mol. The van der Waals surface area contributed by atoms with Crippen LogP contribution in [-0.2, 0) is 4.79 Å². The summed E-state index contributed by atoms with van der Waals surface area (Å²) in [5.41, 5.74) is 6.40. The summed E-state index contributed by atoms with van der Waals surface area (Å²) in [7, 11) is 4.13. The molecule has 0 atom stereocenters. The van der Waals surface area contributed by atoms with Gasteiger partial charge in [-0.25, -0.2) is 0 Å². The predicted octanol–water partition coefficient (Wildman–Crippen LogP) is 1.25. The number of hydrogen-bond donors (Lipinski definition) is 2. The number of ether oxygens (including phenoxy) is 1. The highest BCUT2D eigenvalue weighted by Crippen LogP contribution is 2.35. The van der Waals surface area contributed by atoms with Crippen LogP contribution in [0.3, 0.4) is 0 Å². The van der Waals surface area contributed by atoms with Gasteiger partial charge in [-0.15, -0.1) is 0 Å². The van der Waals surface area contributed by atoms with Crippen molar-refractivity contribution in [3.05, 3.63) is 24.3 Å². The van der Waals surface area contributed by atoms with Crippen LogP contribution in [-0.4, -0.2) is 43.6 Å². The van der Waals surface area contributed by atoms with Gasteiger partial charge < -0.3 is 20.7 Å². The van der Waals surface area contributed by atoms with Crippen molar-refractivity contribution in [2.45, 2.75) is 24.8 Å². The fourth-order valence-corrected chi connectivity index (χ4v) is 2.39. The van der Waals surface area contributed by atoms with Gasteiger partial charge in [0.05, 0.1) is 0 Å². The second kappa shape index (κ2) is 6.13. The zero-order valence-electron chi connectivity index (χ0n) is 12.2. The van der Waals surface area contributed by atoms with Gasteiger partial charge in [0.2, 0.25) is 0 Å². The summed E-state index contributed by atoms with van der Waals surface area (Å²) < 4.78 is 5.42. The molecule has 0 aliphatic heterocycles. The van der Waals surface area contributed by atoms with Crippen molar-refractivity contribution in [1.82, 2.24) is 10.2 Å². The monoisotopic (exact) mass is 277 g/mol. The van der Waals surface area contributed by atoms with Gasteiger partial charge in [0.15, 0.2) is 6.61 Å². The summed E-state index contributed by atoms with van der Waals surface area (Å²) in [6.07, 6.45) is 3.51. The van der Waals surface area contributed by atoms with Crippen molar-refractivity contribution in [2.75, 3.05) is 33.0 Å². The largest absolute Gasteiger partial charge is 0.484 e. The lowest BCUT2D eigenvalue weighted by molar-refractivity contribution is -0.124. The second-order valence-electron chi connectivity index (χ2n) is 5.61. The van der Waals surface area contributed by atoms with E-state index in [1.807, 2.05) is 0 Å². The van der Waals surface area contributed by atoms with Crippen LogP contribution >= 0.6 is 0 Å². The number of carbonyl (C=O) groups excluding carboxylic acids is 1. The standard InChI is InChI=1S/C15H23N3O2/c1-18(2)15(8-3-9-15)11-17-14(19)10-20-13-6-4-12(16)5-7-13/h4-7H,3,8-11,16H2,1-2H3,(H,17,19). The maximum atomic E-state index is 11.8. The summed E-state index contributed by atoms with van der Waals surface area (Å²) >= 11 is 0. The molecule has 1 saturated carbocycles. The minimum absolute atomic E-state index is 0.0351. The van der Waals surface area contributed by atoms with Gasteiger partial charge in [-0.1, -0.05) is 0 Å². The quantitative estimate of drug-likeness (QED) is 0.768. The van der Waals surface area contributed by atoms with E-state index in [2.05, 4.69) is 24.3 Å². The number of nitrogens with zero attached hydrogens (tertiary/aromatic N) is 1. The van der Waals surface area contributed by atoms with E-state index in [-0.39, 0.29) is 18.1 Å². The predicted molar refractivity (Wildman–Crippen MR) is 79.6 cm³/mol. The van der Waals surface area contributed by atoms with Crippen molar-refractivity contribution in [3.63, 3.8) is 0 Å². The van der Waals surface area contributed by atoms with Crippen LogP contribution in [0.15, 0.2) is 24.3 Å². The molecule has 0 saturated heterocycles. The zero-order chi connectivity index (χ0) is 14.6. The molecular formula is C15H23N3O2. The number of nitrogens with two attached hydrogens (primary N) is 1. The maximum Gasteiger partial charge on any atom is 0.258 e. The van der Waals surface area contributed by atoms with E-state index in [0.717, 1.165) is 12.8 Å². The first-order chi connectivity index (χ1) is 9.52. The highest BCUT2D eigenvalue weighted by Gasteiger charge is 2.39. The molecule has 1 aliphatic rings. The van der Waals surface area contributed by atoms with Gasteiger partial charge in [0, 0.05) is 17.8 Å². The topological polar surface area (TPSA) is 67.6 Å². The molecule has 5 nitrogen and oxygen atoms in total. The third-order valence-corrected chi connectivity index (χ3v) is 4.10. The zero-order valence-corrected chi connectivity index (χ0v) is 12.2. The number of rotatable bonds is 6. The Kier molecular flexibility index (Phi) is 4.49. The Labute approximate surface area is 120 Å². The van der Waals surface area contributed by atoms with Gasteiger partial charge in [0.25, 0.3) is 5.91 Å². The molecule has 0 aromatic heterocycles. The fourth-order valence-electron chi connectivity index (χ4n) is 2.39. The Morgan fingerprint density at radius 3 is 2.50 bits per heavy atom. The minimum Gasteiger partial charge on any atom is -0.484 e. The Hall–Kier alpha value is -1.75. The van der Waals surface area contributed by atoms with Crippen molar-refractivity contribution >= 4 is 11.6 Å². The molecule has 1 aliphatic carbocycles. The van der Waals surface area contributed by atoms with Crippen LogP contribution < -0.4 is 15.8 Å². The fraction of sp³-hybridized carbons (Fsp3) is 0.533. The van der Waals surface area contributed by atoms with E-state index in [1.54, 1.807) is 24.3 Å². The van der Waals surface area contributed by atoms with Gasteiger partial charge in [-0.05, 0) is 57.6 Å². The van der Waals surface area contributed by atoms with E-state index in [0.29, 0.717) is 18.0 Å². The molecule has 0 radical (unpaired) electrons. The first kappa shape index (κ1) is 14.7. The number of likely N-dealkylation sites (N-methyl/N-ethyl adjacent to an activating group) is 1. The second-order valence-corrected chi connectivity index (χ2v) is 5.61. The first-order valence-electron chi connectivity index (χ1n) is 6.94. The van der Waals surface area contributed by atoms with Gasteiger partial charge in [0.1, 0.15) is 5.75 Å². The number of anilines is 1. The maximum absolute atomic E-state index is 11.8. The highest BCUT2D eigenvalue weighted by atomic mass is 16.5. The molecule has 0 unspecified atom stereocenters. The smallest absolute Gasteiger partial charge is 0.258 e. The highest BCUT2D eigenvalue weighted by molar-refractivity contribution is 5.77. The molecule has 0 heterocycles. The molecule has 1 amide bonds. The molecule has 0 spiro atoms. The van der Waals surface area contributed by atoms with Crippen molar-refractivity contribution in [3.8, 4) is 5.75 Å². The molecule has 1 aromatic rings. The van der Waals surface area contributed by atoms with Crippen molar-refractivity contribution in [1.29, 1.82) is 0 Å². The summed E-state index contributed by atoms with van der Waals surface area (Å²) in [5.74, 6) is 0.565. The number of carbonyl (C=O) groups is 1. The van der Waals surface area contributed by atoms with Crippen LogP contribution in [0, 0.1) is 0 Å². The SMILES string of the molecule is CN(C)C1(CNC(=O)COc2ccc(N)cc2)CCC1. The lowest BCUT2D eigenvalue weighted by atomic mass is 9.75. The molecule has 5 heteroatoms. The Balaban J connectivity index is 1.74. The van der Waals surface area contributed by atoms with Crippen LogP contribution in [0.2, 0.25) is 0 Å². The van der Waals surface area contributed by atoms with Crippen LogP contribution in [0.25, 0.3) is 0 Å². The van der Waals surface area contributed by atoms with Crippen molar-refractivity contribution < 1.29 is 9.53 Å². The number of benzene rings is 1. The average Bonchev–Trinajstić information content (AvgIpc) is 2.36. The summed E-state index contributed by atoms with van der Waals surface area (Å²) in [6.45, 7) is 0.720. The summed E-state index contributed by atoms with van der Waals surface area (Å²) in [4.78, 5) is 14.0. The number of hydrogen-bond acceptors (Lipinski definition) is 4. The summed E-state index contributed by atoms with van der Waals surface area (Å²) in [5, 5.41) is 2.96. The summed E-state index contributed by atoms with van der Waals surface area (Å²) in [6, 6.07) is 7.02. The first-order valence-corrected chi connectivity index (χ1v) is 6.94. The van der Waals surface area contributed by atoms with Gasteiger partial charge >= 0.3 is 0 Å². The number of nitrogen functional groups attached to an aromatic ring is 1. The molecule has 110 valence electrons. The molecule has 0 bridgehead atoms. The third-order valence-electron chi connectivity index (χ3n) is 4.10. The number of amides is 1. The van der Waals surface area contributed by atoms with Gasteiger partial charge in [-0.3, -0.25) is 4.79 Å². The molecule has 1 fully saturated rings. The molecule has 20 heavy (non-hydrogen) atoms. The Morgan fingerprint density at radius 1 is 1.35 bits per heavy atom. The van der Waals surface area contributed by atoms with E-state index in [1.165, 1.54) is 6.42 Å². The van der Waals surface area contributed by atoms with Crippen LogP contribution in [0.5, 0.6) is 5.75 Å². The van der Waals surface area contributed by atoms with E-state index in [4.69, 9.17) is 10.5 Å². The molecule has 2 rings (SSSR count). The van der Waals surface area contributed by atoms with Crippen LogP contribution in [0.4, 0.5) is 5.69 Å². The molecule has 3 N–H and O–H groups in total. The normalized spacial score (nSPS) is 16.6. The molecular weight excluding hydrogens is 254 g/mol. The Bertz CT molecular complexity index is 453. The van der Waals surface area contributed by atoms with Gasteiger partial charge in [-0.2, -0.15) is 0 Å². The van der Waals surface area contributed by atoms with Crippen LogP contribution in [0.1, 0.15) is 19.3 Å². The number of nitrogens with one attached hydrogen (secondary N) is 1. The van der Waals surface area contributed by atoms with Crippen molar-refractivity contribution in [2.24, 2.45) is 0 Å². The Morgan fingerprint density at radius 2 is 2.00 bits per heavy atom. The van der Waals surface area contributed by atoms with E-state index >= 15 is 0 Å². The van der Waals surface area contributed by atoms with E-state index in [9.17, 15) is 4.79 Å². The molecule has 1 aromatic carbocycles. The van der Waals surface area contributed by atoms with E-state index < -0.39 is 0 Å².